The van der Waals surface area contributed by atoms with Gasteiger partial charge < -0.3 is 9.47 Å². The minimum absolute atomic E-state index is 0.203. The van der Waals surface area contributed by atoms with E-state index in [0.29, 0.717) is 11.8 Å². The summed E-state index contributed by atoms with van der Waals surface area (Å²) in [5.74, 6) is 1.11. The van der Waals surface area contributed by atoms with E-state index >= 15 is 0 Å². The summed E-state index contributed by atoms with van der Waals surface area (Å²) >= 11 is 0. The fourth-order valence-corrected chi connectivity index (χ4v) is 5.72. The van der Waals surface area contributed by atoms with Crippen molar-refractivity contribution in [1.29, 1.82) is 0 Å². The first-order valence-corrected chi connectivity index (χ1v) is 10.8. The molecular weight excluding hydrogens is 346 g/mol. The lowest BCUT2D eigenvalue weighted by atomic mass is 9.81. The highest BCUT2D eigenvalue weighted by atomic mass is 16.1. The van der Waals surface area contributed by atoms with E-state index in [1.54, 1.807) is 0 Å². The van der Waals surface area contributed by atoms with E-state index in [1.165, 1.54) is 43.6 Å². The Morgan fingerprint density at radius 1 is 0.929 bits per heavy atom. The molecule has 4 heterocycles. The number of nitrogens with zero attached hydrogens (tertiary/aromatic N) is 3. The van der Waals surface area contributed by atoms with Crippen LogP contribution < -0.4 is 5.56 Å². The van der Waals surface area contributed by atoms with Crippen LogP contribution >= 0.6 is 0 Å². The zero-order valence-electron chi connectivity index (χ0n) is 17.1. The average molecular weight is 378 g/mol. The van der Waals surface area contributed by atoms with Gasteiger partial charge in [0.25, 0.3) is 5.56 Å². The van der Waals surface area contributed by atoms with Crippen molar-refractivity contribution in [3.05, 3.63) is 58.0 Å². The molecule has 2 bridgehead atoms. The Morgan fingerprint density at radius 3 is 2.50 bits per heavy atom. The maximum atomic E-state index is 13.4. The normalized spacial score (nSPS) is 26.2. The number of piperidine rings is 2. The van der Waals surface area contributed by atoms with Crippen molar-refractivity contribution in [2.24, 2.45) is 5.92 Å². The minimum Gasteiger partial charge on any atom is -0.311 e. The van der Waals surface area contributed by atoms with Crippen molar-refractivity contribution in [1.82, 2.24) is 14.4 Å². The lowest BCUT2D eigenvalue weighted by molar-refractivity contribution is 0.0517. The molecule has 0 N–H and O–H groups in total. The third-order valence-electron chi connectivity index (χ3n) is 7.27. The molecule has 1 aromatic carbocycles. The van der Waals surface area contributed by atoms with Crippen molar-refractivity contribution in [3.63, 3.8) is 0 Å². The Kier molecular flexibility index (Phi) is 4.64. The van der Waals surface area contributed by atoms with E-state index in [2.05, 4.69) is 52.6 Å². The van der Waals surface area contributed by atoms with Crippen LogP contribution in [0.5, 0.6) is 0 Å². The summed E-state index contributed by atoms with van der Waals surface area (Å²) in [7, 11) is 2.23. The fourth-order valence-electron chi connectivity index (χ4n) is 5.72. The zero-order chi connectivity index (χ0) is 19.3. The number of pyridine rings is 1. The molecule has 0 aliphatic carbocycles. The van der Waals surface area contributed by atoms with Crippen molar-refractivity contribution in [2.45, 2.75) is 44.7 Å². The van der Waals surface area contributed by atoms with E-state index in [1.807, 2.05) is 12.1 Å². The van der Waals surface area contributed by atoms with Gasteiger partial charge in [0.2, 0.25) is 0 Å². The Bertz CT molecular complexity index is 926. The van der Waals surface area contributed by atoms with Crippen molar-refractivity contribution >= 4 is 0 Å². The van der Waals surface area contributed by atoms with Gasteiger partial charge in [-0.3, -0.25) is 9.69 Å². The van der Waals surface area contributed by atoms with Crippen LogP contribution in [0.25, 0.3) is 11.1 Å². The van der Waals surface area contributed by atoms with Crippen LogP contribution in [0.3, 0.4) is 0 Å². The van der Waals surface area contributed by atoms with Crippen molar-refractivity contribution in [3.8, 4) is 11.1 Å². The van der Waals surface area contributed by atoms with E-state index in [4.69, 9.17) is 0 Å². The van der Waals surface area contributed by atoms with Gasteiger partial charge in [0.1, 0.15) is 0 Å². The first-order chi connectivity index (χ1) is 13.6. The third-order valence-corrected chi connectivity index (χ3v) is 7.27. The summed E-state index contributed by atoms with van der Waals surface area (Å²) in [4.78, 5) is 18.6. The summed E-state index contributed by atoms with van der Waals surface area (Å²) < 4.78 is 2.10. The van der Waals surface area contributed by atoms with E-state index in [0.717, 1.165) is 36.8 Å². The van der Waals surface area contributed by atoms with E-state index in [-0.39, 0.29) is 5.56 Å². The van der Waals surface area contributed by atoms with Gasteiger partial charge in [-0.25, -0.2) is 0 Å². The molecule has 5 rings (SSSR count). The Hall–Kier alpha value is -1.91. The van der Waals surface area contributed by atoms with Crippen LogP contribution in [0.1, 0.15) is 36.4 Å². The third kappa shape index (κ3) is 3.13. The lowest BCUT2D eigenvalue weighted by Crippen LogP contribution is -2.53. The molecule has 2 fully saturated rings. The molecule has 0 saturated carbocycles. The topological polar surface area (TPSA) is 28.5 Å². The molecule has 0 amide bonds. The highest BCUT2D eigenvalue weighted by Crippen LogP contribution is 2.37. The van der Waals surface area contributed by atoms with E-state index < -0.39 is 0 Å². The number of fused-ring (bicyclic) bond motifs is 4. The number of aryl methyl sites for hydroxylation is 1. The molecule has 0 spiro atoms. The number of benzene rings is 1. The number of hydrogen-bond donors (Lipinski definition) is 0. The summed E-state index contributed by atoms with van der Waals surface area (Å²) in [5.41, 5.74) is 4.57. The fraction of sp³-hybridized carbons (Fsp3) is 0.542. The molecule has 2 saturated heterocycles. The van der Waals surface area contributed by atoms with Gasteiger partial charge in [0.05, 0.1) is 0 Å². The summed E-state index contributed by atoms with van der Waals surface area (Å²) in [6.45, 7) is 7.68. The van der Waals surface area contributed by atoms with Gasteiger partial charge in [-0.1, -0.05) is 24.3 Å². The number of aromatic nitrogens is 1. The quantitative estimate of drug-likeness (QED) is 0.804. The molecule has 4 heteroatoms. The van der Waals surface area contributed by atoms with Gasteiger partial charge in [0.15, 0.2) is 0 Å². The SMILES string of the molecule is Cc1ccccc1-c1ccc2n(c1=O)C[C@H]1C[C@@H]2CN(C2CCN(C)CC2)C1. The molecular formula is C24H31N3O. The molecule has 0 unspecified atom stereocenters. The predicted octanol–water partition coefficient (Wildman–Crippen LogP) is 3.34. The molecule has 4 nitrogen and oxygen atoms in total. The second-order valence-electron chi connectivity index (χ2n) is 9.19. The van der Waals surface area contributed by atoms with Crippen LogP contribution in [0, 0.1) is 12.8 Å². The molecule has 0 radical (unpaired) electrons. The van der Waals surface area contributed by atoms with Gasteiger partial charge in [-0.05, 0) is 75.5 Å². The van der Waals surface area contributed by atoms with Crippen LogP contribution in [0.4, 0.5) is 0 Å². The van der Waals surface area contributed by atoms with Crippen molar-refractivity contribution in [2.75, 3.05) is 33.2 Å². The van der Waals surface area contributed by atoms with Gasteiger partial charge >= 0.3 is 0 Å². The van der Waals surface area contributed by atoms with Gasteiger partial charge in [-0.15, -0.1) is 0 Å². The second kappa shape index (κ2) is 7.16. The van der Waals surface area contributed by atoms with E-state index in [9.17, 15) is 4.79 Å². The Labute approximate surface area is 167 Å². The molecule has 3 aliphatic rings. The molecule has 1 aromatic heterocycles. The summed E-state index contributed by atoms with van der Waals surface area (Å²) in [5, 5.41) is 0. The second-order valence-corrected chi connectivity index (χ2v) is 9.19. The smallest absolute Gasteiger partial charge is 0.258 e. The first-order valence-electron chi connectivity index (χ1n) is 10.8. The largest absolute Gasteiger partial charge is 0.311 e. The molecule has 3 aliphatic heterocycles. The maximum absolute atomic E-state index is 13.4. The zero-order valence-corrected chi connectivity index (χ0v) is 17.1. The molecule has 2 atom stereocenters. The van der Waals surface area contributed by atoms with Crippen molar-refractivity contribution < 1.29 is 0 Å². The van der Waals surface area contributed by atoms with Gasteiger partial charge in [-0.2, -0.15) is 0 Å². The molecule has 148 valence electrons. The average Bonchev–Trinajstić information content (AvgIpc) is 2.70. The monoisotopic (exact) mass is 377 g/mol. The van der Waals surface area contributed by atoms with Crippen LogP contribution in [-0.4, -0.2) is 53.6 Å². The number of rotatable bonds is 2. The number of likely N-dealkylation sites (tertiary alicyclic amines) is 2. The van der Waals surface area contributed by atoms with Crippen LogP contribution in [0.2, 0.25) is 0 Å². The summed E-state index contributed by atoms with van der Waals surface area (Å²) in [6.07, 6.45) is 3.82. The highest BCUT2D eigenvalue weighted by molar-refractivity contribution is 5.66. The highest BCUT2D eigenvalue weighted by Gasteiger charge is 2.37. The standard InChI is InChI=1S/C24H31N3O/c1-17-5-3-4-6-21(17)22-7-8-23-19-13-18(15-27(23)24(22)28)14-26(16-19)20-9-11-25(2)12-10-20/h3-8,18-20H,9-16H2,1-2H3/t18-,19+/m0/s1. The van der Waals surface area contributed by atoms with Crippen LogP contribution in [-0.2, 0) is 6.54 Å². The Morgan fingerprint density at radius 2 is 1.71 bits per heavy atom. The maximum Gasteiger partial charge on any atom is 0.258 e. The Balaban J connectivity index is 1.44. The lowest BCUT2D eigenvalue weighted by Gasteiger charge is -2.47. The minimum atomic E-state index is 0.203. The number of hydrogen-bond acceptors (Lipinski definition) is 3. The summed E-state index contributed by atoms with van der Waals surface area (Å²) in [6, 6.07) is 13.3. The van der Waals surface area contributed by atoms with Gasteiger partial charge in [0, 0.05) is 42.9 Å². The molecule has 2 aromatic rings. The first kappa shape index (κ1) is 18.1. The van der Waals surface area contributed by atoms with Crippen LogP contribution in [0.15, 0.2) is 41.2 Å². The molecule has 28 heavy (non-hydrogen) atoms. The predicted molar refractivity (Wildman–Crippen MR) is 114 cm³/mol.